The second-order valence-electron chi connectivity index (χ2n) is 7.53. The van der Waals surface area contributed by atoms with Crippen LogP contribution in [0.4, 0.5) is 0 Å². The summed E-state index contributed by atoms with van der Waals surface area (Å²) in [6.07, 6.45) is 11.4. The normalized spacial score (nSPS) is 27.8. The van der Waals surface area contributed by atoms with Crippen LogP contribution in [0.2, 0.25) is 0 Å². The molecule has 0 amide bonds. The molecule has 2 rings (SSSR count). The van der Waals surface area contributed by atoms with E-state index in [4.69, 9.17) is 4.99 Å². The van der Waals surface area contributed by atoms with Gasteiger partial charge in [-0.2, -0.15) is 11.8 Å². The molecule has 6 heteroatoms. The number of hydrogen-bond donors (Lipinski definition) is 2. The van der Waals surface area contributed by atoms with Gasteiger partial charge in [0.2, 0.25) is 0 Å². The van der Waals surface area contributed by atoms with Crippen molar-refractivity contribution >= 4 is 41.7 Å². The van der Waals surface area contributed by atoms with Gasteiger partial charge < -0.3 is 15.5 Å². The first kappa shape index (κ1) is 23.3. The molecule has 0 aromatic rings. The highest BCUT2D eigenvalue weighted by molar-refractivity contribution is 14.0. The summed E-state index contributed by atoms with van der Waals surface area (Å²) < 4.78 is 0. The van der Waals surface area contributed by atoms with Crippen LogP contribution in [0.25, 0.3) is 0 Å². The molecular formula is C19H39IN4S. The van der Waals surface area contributed by atoms with Crippen molar-refractivity contribution in [1.29, 1.82) is 0 Å². The predicted octanol–water partition coefficient (Wildman–Crippen LogP) is 3.96. The number of unbranched alkanes of at least 4 members (excludes halogenated alkanes) is 1. The largest absolute Gasteiger partial charge is 0.357 e. The average molecular weight is 483 g/mol. The van der Waals surface area contributed by atoms with Gasteiger partial charge in [-0.25, -0.2) is 0 Å². The van der Waals surface area contributed by atoms with Gasteiger partial charge in [-0.3, -0.25) is 4.99 Å². The number of nitrogens with one attached hydrogen (secondary N) is 2. The summed E-state index contributed by atoms with van der Waals surface area (Å²) >= 11 is 2.01. The first-order chi connectivity index (χ1) is 11.7. The Bertz CT molecular complexity index is 380. The Morgan fingerprint density at radius 1 is 1.24 bits per heavy atom. The fraction of sp³-hybridized carbons (Fsp3) is 0.947. The summed E-state index contributed by atoms with van der Waals surface area (Å²) in [6.45, 7) is 10.3. The molecule has 25 heavy (non-hydrogen) atoms. The summed E-state index contributed by atoms with van der Waals surface area (Å²) in [5.74, 6) is 1.91. The van der Waals surface area contributed by atoms with E-state index in [9.17, 15) is 0 Å². The smallest absolute Gasteiger partial charge is 0.191 e. The van der Waals surface area contributed by atoms with Crippen molar-refractivity contribution in [1.82, 2.24) is 15.5 Å². The standard InChI is InChI=1S/C19H38N4S.HI/c1-4-20-19(22-17-9-10-18(14-17)24-3)21-11-5-6-12-23-13-7-8-16(2)15-23;/h16-18H,4-15H2,1-3H3,(H2,20,21,22);1H. The third kappa shape index (κ3) is 9.18. The Labute approximate surface area is 176 Å². The Morgan fingerprint density at radius 3 is 2.76 bits per heavy atom. The van der Waals surface area contributed by atoms with E-state index in [2.05, 4.69) is 35.6 Å². The number of thioether (sulfide) groups is 1. The van der Waals surface area contributed by atoms with Gasteiger partial charge in [-0.1, -0.05) is 6.92 Å². The van der Waals surface area contributed by atoms with Crippen molar-refractivity contribution in [2.45, 2.75) is 70.1 Å². The maximum Gasteiger partial charge on any atom is 0.191 e. The molecule has 2 fully saturated rings. The molecule has 1 saturated heterocycles. The van der Waals surface area contributed by atoms with Crippen LogP contribution in [-0.2, 0) is 0 Å². The molecule has 2 aliphatic rings. The van der Waals surface area contributed by atoms with E-state index < -0.39 is 0 Å². The minimum atomic E-state index is 0. The number of piperidine rings is 1. The summed E-state index contributed by atoms with van der Waals surface area (Å²) in [6, 6.07) is 0.607. The van der Waals surface area contributed by atoms with Crippen molar-refractivity contribution in [2.75, 3.05) is 39.0 Å². The van der Waals surface area contributed by atoms with Gasteiger partial charge in [-0.15, -0.1) is 24.0 Å². The number of nitrogens with zero attached hydrogens (tertiary/aromatic N) is 2. The minimum Gasteiger partial charge on any atom is -0.357 e. The maximum atomic E-state index is 4.79. The molecule has 3 unspecified atom stereocenters. The zero-order valence-electron chi connectivity index (χ0n) is 16.4. The van der Waals surface area contributed by atoms with Crippen LogP contribution in [0.5, 0.6) is 0 Å². The monoisotopic (exact) mass is 482 g/mol. The van der Waals surface area contributed by atoms with Crippen molar-refractivity contribution in [3.8, 4) is 0 Å². The van der Waals surface area contributed by atoms with Crippen LogP contribution in [0.15, 0.2) is 4.99 Å². The van der Waals surface area contributed by atoms with E-state index >= 15 is 0 Å². The molecule has 0 aromatic carbocycles. The molecular weight excluding hydrogens is 443 g/mol. The van der Waals surface area contributed by atoms with Gasteiger partial charge in [0.25, 0.3) is 0 Å². The quantitative estimate of drug-likeness (QED) is 0.238. The molecule has 1 aliphatic carbocycles. The van der Waals surface area contributed by atoms with Crippen molar-refractivity contribution in [3.05, 3.63) is 0 Å². The van der Waals surface area contributed by atoms with Crippen LogP contribution in [0, 0.1) is 5.92 Å². The van der Waals surface area contributed by atoms with Crippen LogP contribution in [-0.4, -0.2) is 61.1 Å². The van der Waals surface area contributed by atoms with E-state index in [-0.39, 0.29) is 24.0 Å². The molecule has 1 heterocycles. The number of guanidine groups is 1. The predicted molar refractivity (Wildman–Crippen MR) is 124 cm³/mol. The van der Waals surface area contributed by atoms with E-state index in [0.717, 1.165) is 30.2 Å². The molecule has 1 aliphatic heterocycles. The van der Waals surface area contributed by atoms with Crippen molar-refractivity contribution in [2.24, 2.45) is 10.9 Å². The van der Waals surface area contributed by atoms with E-state index in [1.54, 1.807) is 0 Å². The second kappa shape index (κ2) is 13.5. The van der Waals surface area contributed by atoms with Crippen molar-refractivity contribution in [3.63, 3.8) is 0 Å². The van der Waals surface area contributed by atoms with Gasteiger partial charge in [0.05, 0.1) is 0 Å². The Morgan fingerprint density at radius 2 is 2.08 bits per heavy atom. The number of halogens is 1. The van der Waals surface area contributed by atoms with E-state index in [1.165, 1.54) is 64.6 Å². The molecule has 4 nitrogen and oxygen atoms in total. The molecule has 0 bridgehead atoms. The average Bonchev–Trinajstić information content (AvgIpc) is 3.02. The van der Waals surface area contributed by atoms with Crippen LogP contribution in [0.1, 0.15) is 58.8 Å². The van der Waals surface area contributed by atoms with E-state index in [1.807, 2.05) is 11.8 Å². The first-order valence-corrected chi connectivity index (χ1v) is 11.3. The number of likely N-dealkylation sites (tertiary alicyclic amines) is 1. The second-order valence-corrected chi connectivity index (χ2v) is 8.67. The number of aliphatic imine (C=N–C) groups is 1. The molecule has 148 valence electrons. The lowest BCUT2D eigenvalue weighted by Gasteiger charge is -2.30. The zero-order chi connectivity index (χ0) is 17.2. The highest BCUT2D eigenvalue weighted by Crippen LogP contribution is 2.28. The van der Waals surface area contributed by atoms with Crippen LogP contribution in [0.3, 0.4) is 0 Å². The molecule has 0 aromatic heterocycles. The van der Waals surface area contributed by atoms with Gasteiger partial charge in [-0.05, 0) is 77.1 Å². The fourth-order valence-corrected chi connectivity index (χ4v) is 4.72. The third-order valence-corrected chi connectivity index (χ3v) is 6.39. The minimum absolute atomic E-state index is 0. The van der Waals surface area contributed by atoms with E-state index in [0.29, 0.717) is 6.04 Å². The van der Waals surface area contributed by atoms with Gasteiger partial charge >= 0.3 is 0 Å². The highest BCUT2D eigenvalue weighted by Gasteiger charge is 2.24. The molecule has 3 atom stereocenters. The lowest BCUT2D eigenvalue weighted by molar-refractivity contribution is 0.181. The lowest BCUT2D eigenvalue weighted by atomic mass is 10.0. The van der Waals surface area contributed by atoms with Crippen molar-refractivity contribution < 1.29 is 0 Å². The topological polar surface area (TPSA) is 39.7 Å². The van der Waals surface area contributed by atoms with Crippen LogP contribution < -0.4 is 10.6 Å². The van der Waals surface area contributed by atoms with Gasteiger partial charge in [0, 0.05) is 30.9 Å². The lowest BCUT2D eigenvalue weighted by Crippen LogP contribution is -2.42. The molecule has 1 saturated carbocycles. The summed E-state index contributed by atoms with van der Waals surface area (Å²) in [5.41, 5.74) is 0. The third-order valence-electron chi connectivity index (χ3n) is 5.30. The summed E-state index contributed by atoms with van der Waals surface area (Å²) in [7, 11) is 0. The summed E-state index contributed by atoms with van der Waals surface area (Å²) in [5, 5.41) is 7.88. The SMILES string of the molecule is CCNC(=NCCCCN1CCCC(C)C1)NC1CCC(SC)C1.I. The summed E-state index contributed by atoms with van der Waals surface area (Å²) in [4.78, 5) is 7.44. The fourth-order valence-electron chi connectivity index (χ4n) is 3.93. The zero-order valence-corrected chi connectivity index (χ0v) is 19.6. The van der Waals surface area contributed by atoms with Gasteiger partial charge in [0.15, 0.2) is 5.96 Å². The highest BCUT2D eigenvalue weighted by atomic mass is 127. The number of rotatable bonds is 8. The molecule has 0 radical (unpaired) electrons. The molecule has 0 spiro atoms. The van der Waals surface area contributed by atoms with Crippen LogP contribution >= 0.6 is 35.7 Å². The molecule has 2 N–H and O–H groups in total. The van der Waals surface area contributed by atoms with Gasteiger partial charge in [0.1, 0.15) is 0 Å². The number of hydrogen-bond acceptors (Lipinski definition) is 3. The Hall–Kier alpha value is 0.310. The first-order valence-electron chi connectivity index (χ1n) is 10.0. The Balaban J connectivity index is 0.00000312. The Kier molecular flexibility index (Phi) is 12.6. The maximum absolute atomic E-state index is 4.79.